The molecule has 0 radical (unpaired) electrons. The molecular formula is C28H25FN2O4. The highest BCUT2D eigenvalue weighted by Crippen LogP contribution is 2.43. The number of fused-ring (bicyclic) bond motifs is 1. The summed E-state index contributed by atoms with van der Waals surface area (Å²) in [5.41, 5.74) is 8.51. The number of rotatable bonds is 5. The Hall–Kier alpha value is -4.31. The Morgan fingerprint density at radius 3 is 2.46 bits per heavy atom. The smallest absolute Gasteiger partial charge is 0.349 e. The normalized spacial score (nSPS) is 15.0. The minimum atomic E-state index is -0.608. The number of nitriles is 1. The molecule has 2 N–H and O–H groups in total. The minimum Gasteiger partial charge on any atom is -0.482 e. The molecule has 0 bridgehead atoms. The number of halogens is 1. The Kier molecular flexibility index (Phi) is 6.48. The molecule has 4 rings (SSSR count). The first kappa shape index (κ1) is 23.8. The van der Waals surface area contributed by atoms with E-state index in [0.717, 1.165) is 5.56 Å². The fourth-order valence-electron chi connectivity index (χ4n) is 3.88. The lowest BCUT2D eigenvalue weighted by Crippen LogP contribution is -2.22. The second kappa shape index (κ2) is 9.51. The number of nitrogens with zero attached hydrogens (tertiary/aromatic N) is 1. The molecule has 35 heavy (non-hydrogen) atoms. The van der Waals surface area contributed by atoms with Gasteiger partial charge in [-0.3, -0.25) is 0 Å². The predicted molar refractivity (Wildman–Crippen MR) is 128 cm³/mol. The van der Waals surface area contributed by atoms with E-state index in [1.807, 2.05) is 24.3 Å². The average Bonchev–Trinajstić information content (AvgIpc) is 2.81. The molecule has 1 heterocycles. The van der Waals surface area contributed by atoms with Crippen molar-refractivity contribution < 1.29 is 23.4 Å². The Bertz CT molecular complexity index is 1330. The number of ether oxygens (including phenoxy) is 3. The van der Waals surface area contributed by atoms with Crippen molar-refractivity contribution in [3.8, 4) is 23.3 Å². The molecule has 0 aromatic heterocycles. The highest BCUT2D eigenvalue weighted by molar-refractivity contribution is 5.74. The lowest BCUT2D eigenvalue weighted by atomic mass is 9.83. The van der Waals surface area contributed by atoms with Crippen molar-refractivity contribution in [2.24, 2.45) is 5.73 Å². The quantitative estimate of drug-likeness (QED) is 0.399. The van der Waals surface area contributed by atoms with Crippen LogP contribution in [0.3, 0.4) is 0 Å². The van der Waals surface area contributed by atoms with Gasteiger partial charge < -0.3 is 19.9 Å². The Balaban J connectivity index is 1.48. The van der Waals surface area contributed by atoms with Crippen LogP contribution in [-0.4, -0.2) is 12.6 Å². The van der Waals surface area contributed by atoms with Gasteiger partial charge in [-0.05, 0) is 46.9 Å². The molecule has 0 saturated heterocycles. The fraction of sp³-hybridized carbons (Fsp3) is 0.214. The van der Waals surface area contributed by atoms with Crippen molar-refractivity contribution in [3.05, 3.63) is 101 Å². The highest BCUT2D eigenvalue weighted by Gasteiger charge is 2.31. The van der Waals surface area contributed by atoms with Gasteiger partial charge in [-0.2, -0.15) is 5.26 Å². The maximum atomic E-state index is 13.9. The summed E-state index contributed by atoms with van der Waals surface area (Å²) in [5.74, 6) is -0.605. The van der Waals surface area contributed by atoms with E-state index in [4.69, 9.17) is 19.9 Å². The van der Waals surface area contributed by atoms with E-state index >= 15 is 0 Å². The number of nitrogens with two attached hydrogens (primary N) is 1. The van der Waals surface area contributed by atoms with E-state index in [1.54, 1.807) is 24.3 Å². The zero-order valence-electron chi connectivity index (χ0n) is 19.7. The van der Waals surface area contributed by atoms with Gasteiger partial charge in [0.1, 0.15) is 34.7 Å². The number of carbonyl (C=O) groups excluding carboxylic acids is 1. The molecule has 6 nitrogen and oxygen atoms in total. The van der Waals surface area contributed by atoms with Crippen LogP contribution in [0.15, 0.2) is 78.2 Å². The summed E-state index contributed by atoms with van der Waals surface area (Å²) in [7, 11) is 0. The highest BCUT2D eigenvalue weighted by atomic mass is 19.1. The van der Waals surface area contributed by atoms with Crippen molar-refractivity contribution in [1.82, 2.24) is 0 Å². The van der Waals surface area contributed by atoms with Crippen LogP contribution in [0.2, 0.25) is 0 Å². The molecule has 3 aromatic rings. The molecule has 0 saturated carbocycles. The lowest BCUT2D eigenvalue weighted by molar-refractivity contribution is -0.136. The summed E-state index contributed by atoms with van der Waals surface area (Å²) in [6.45, 7) is 6.08. The molecule has 0 fully saturated rings. The number of hydrogen-bond donors (Lipinski definition) is 1. The van der Waals surface area contributed by atoms with Gasteiger partial charge in [0.2, 0.25) is 5.88 Å². The lowest BCUT2D eigenvalue weighted by Gasteiger charge is -2.26. The van der Waals surface area contributed by atoms with Gasteiger partial charge in [0.05, 0.1) is 5.92 Å². The molecule has 178 valence electrons. The number of allylic oxidation sites excluding steroid dienone is 1. The van der Waals surface area contributed by atoms with Gasteiger partial charge in [0, 0.05) is 11.6 Å². The molecule has 1 aliphatic heterocycles. The SMILES string of the molecule is CC(C)(C)c1ccc(OCC(=O)Oc2ccc3c(c2)OC(N)=C(C#N)C3c2cccc(F)c2)cc1. The van der Waals surface area contributed by atoms with Crippen LogP contribution in [0.4, 0.5) is 4.39 Å². The molecule has 0 spiro atoms. The monoisotopic (exact) mass is 472 g/mol. The van der Waals surface area contributed by atoms with Crippen LogP contribution >= 0.6 is 0 Å². The van der Waals surface area contributed by atoms with E-state index < -0.39 is 17.7 Å². The fourth-order valence-corrected chi connectivity index (χ4v) is 3.88. The van der Waals surface area contributed by atoms with Crippen molar-refractivity contribution in [2.75, 3.05) is 6.61 Å². The Morgan fingerprint density at radius 2 is 1.80 bits per heavy atom. The van der Waals surface area contributed by atoms with E-state index in [0.29, 0.717) is 22.6 Å². The molecule has 1 unspecified atom stereocenters. The topological polar surface area (TPSA) is 94.6 Å². The first-order chi connectivity index (χ1) is 16.7. The van der Waals surface area contributed by atoms with Crippen LogP contribution in [0.25, 0.3) is 0 Å². The number of benzene rings is 3. The molecular weight excluding hydrogens is 447 g/mol. The zero-order valence-corrected chi connectivity index (χ0v) is 19.7. The molecule has 1 atom stereocenters. The molecule has 0 amide bonds. The van der Waals surface area contributed by atoms with Gasteiger partial charge in [0.25, 0.3) is 0 Å². The van der Waals surface area contributed by atoms with Crippen molar-refractivity contribution in [2.45, 2.75) is 32.1 Å². The predicted octanol–water partition coefficient (Wildman–Crippen LogP) is 5.33. The minimum absolute atomic E-state index is 0.0201. The molecule has 0 aliphatic carbocycles. The van der Waals surface area contributed by atoms with Crippen molar-refractivity contribution in [3.63, 3.8) is 0 Å². The van der Waals surface area contributed by atoms with Gasteiger partial charge in [0.15, 0.2) is 6.61 Å². The largest absolute Gasteiger partial charge is 0.482 e. The summed E-state index contributed by atoms with van der Waals surface area (Å²) in [5, 5.41) is 9.62. The van der Waals surface area contributed by atoms with E-state index in [-0.39, 0.29) is 29.2 Å². The maximum Gasteiger partial charge on any atom is 0.349 e. The molecule has 3 aromatic carbocycles. The maximum absolute atomic E-state index is 13.9. The number of hydrogen-bond acceptors (Lipinski definition) is 6. The Labute approximate surface area is 203 Å². The molecule has 1 aliphatic rings. The number of carbonyl (C=O) groups is 1. The summed E-state index contributed by atoms with van der Waals surface area (Å²) in [6, 6.07) is 20.3. The van der Waals surface area contributed by atoms with E-state index in [1.165, 1.54) is 18.2 Å². The van der Waals surface area contributed by atoms with Crippen LogP contribution in [0.1, 0.15) is 43.4 Å². The van der Waals surface area contributed by atoms with Gasteiger partial charge in [-0.25, -0.2) is 9.18 Å². The third kappa shape index (κ3) is 5.28. The van der Waals surface area contributed by atoms with E-state index in [9.17, 15) is 14.4 Å². The van der Waals surface area contributed by atoms with Gasteiger partial charge in [-0.1, -0.05) is 51.1 Å². The third-order valence-corrected chi connectivity index (χ3v) is 5.68. The van der Waals surface area contributed by atoms with Gasteiger partial charge in [-0.15, -0.1) is 0 Å². The Morgan fingerprint density at radius 1 is 1.09 bits per heavy atom. The first-order valence-corrected chi connectivity index (χ1v) is 11.1. The molecule has 7 heteroatoms. The zero-order chi connectivity index (χ0) is 25.2. The van der Waals surface area contributed by atoms with Crippen molar-refractivity contribution >= 4 is 5.97 Å². The van der Waals surface area contributed by atoms with Gasteiger partial charge >= 0.3 is 5.97 Å². The van der Waals surface area contributed by atoms with Crippen LogP contribution in [0, 0.1) is 17.1 Å². The summed E-state index contributed by atoms with van der Waals surface area (Å²) in [4.78, 5) is 12.4. The summed E-state index contributed by atoms with van der Waals surface area (Å²) >= 11 is 0. The summed E-state index contributed by atoms with van der Waals surface area (Å²) in [6.07, 6.45) is 0. The second-order valence-corrected chi connectivity index (χ2v) is 9.22. The van der Waals surface area contributed by atoms with Crippen molar-refractivity contribution in [1.29, 1.82) is 5.26 Å². The van der Waals surface area contributed by atoms with Crippen LogP contribution < -0.4 is 19.9 Å². The third-order valence-electron chi connectivity index (χ3n) is 5.68. The summed E-state index contributed by atoms with van der Waals surface area (Å²) < 4.78 is 30.4. The van der Waals surface area contributed by atoms with Crippen LogP contribution in [0.5, 0.6) is 17.2 Å². The van der Waals surface area contributed by atoms with E-state index in [2.05, 4.69) is 26.8 Å². The number of esters is 1. The van der Waals surface area contributed by atoms with Crippen LogP contribution in [-0.2, 0) is 10.2 Å². The average molecular weight is 473 g/mol. The standard InChI is InChI=1S/C28H25FN2O4/c1-28(2,3)18-7-9-20(10-8-18)33-16-25(32)34-21-11-12-22-24(14-21)35-27(31)23(15-30)26(22)17-5-4-6-19(29)13-17/h4-14,26H,16,31H2,1-3H3. The first-order valence-electron chi connectivity index (χ1n) is 11.1. The second-order valence-electron chi connectivity index (χ2n) is 9.22.